The Labute approximate surface area is 161 Å². The molecule has 26 heavy (non-hydrogen) atoms. The molecule has 0 saturated carbocycles. The fourth-order valence-corrected chi connectivity index (χ4v) is 3.70. The van der Waals surface area contributed by atoms with Crippen LogP contribution in [0.1, 0.15) is 33.0 Å². The van der Waals surface area contributed by atoms with E-state index in [-0.39, 0.29) is 25.2 Å². The predicted octanol–water partition coefficient (Wildman–Crippen LogP) is 4.23. The number of hydrogen-bond acceptors (Lipinski definition) is 6. The number of Topliss-reactive ketones (excluding diaryl/α,β-unsaturated/α-hetero) is 1. The lowest BCUT2D eigenvalue weighted by Crippen LogP contribution is -2.21. The lowest BCUT2D eigenvalue weighted by molar-refractivity contribution is -0.147. The van der Waals surface area contributed by atoms with Gasteiger partial charge in [-0.3, -0.25) is 14.4 Å². The van der Waals surface area contributed by atoms with Gasteiger partial charge in [0.15, 0.2) is 12.4 Å². The van der Waals surface area contributed by atoms with E-state index in [9.17, 15) is 14.4 Å². The van der Waals surface area contributed by atoms with E-state index in [0.29, 0.717) is 11.3 Å². The van der Waals surface area contributed by atoms with E-state index in [1.54, 1.807) is 35.2 Å². The molecule has 7 heteroatoms. The summed E-state index contributed by atoms with van der Waals surface area (Å²) in [6.45, 7) is 3.46. The van der Waals surface area contributed by atoms with Crippen LogP contribution in [0.15, 0.2) is 35.2 Å². The molecule has 1 heterocycles. The zero-order valence-electron chi connectivity index (χ0n) is 15.0. The summed E-state index contributed by atoms with van der Waals surface area (Å²) in [6.07, 6.45) is 2.01. The van der Waals surface area contributed by atoms with Crippen molar-refractivity contribution in [1.29, 1.82) is 0 Å². The number of carbonyl (C=O) groups is 3. The van der Waals surface area contributed by atoms with E-state index in [2.05, 4.69) is 5.32 Å². The molecule has 0 saturated heterocycles. The summed E-state index contributed by atoms with van der Waals surface area (Å²) >= 11 is 3.17. The quantitative estimate of drug-likeness (QED) is 0.414. The van der Waals surface area contributed by atoms with E-state index in [1.807, 2.05) is 38.3 Å². The van der Waals surface area contributed by atoms with Gasteiger partial charge in [0.1, 0.15) is 0 Å². The first-order chi connectivity index (χ1) is 12.4. The molecule has 0 unspecified atom stereocenters. The first-order valence-corrected chi connectivity index (χ1v) is 10.1. The van der Waals surface area contributed by atoms with Crippen LogP contribution in [0, 0.1) is 13.8 Å². The normalized spacial score (nSPS) is 10.4. The van der Waals surface area contributed by atoms with Gasteiger partial charge in [-0.05, 0) is 50.4 Å². The van der Waals surface area contributed by atoms with Crippen LogP contribution >= 0.6 is 23.1 Å². The second-order valence-corrected chi connectivity index (χ2v) is 8.03. The molecule has 138 valence electrons. The fraction of sp³-hybridized carbons (Fsp3) is 0.316. The van der Waals surface area contributed by atoms with Crippen molar-refractivity contribution in [2.75, 3.05) is 18.2 Å². The van der Waals surface area contributed by atoms with Crippen molar-refractivity contribution in [1.82, 2.24) is 0 Å². The zero-order chi connectivity index (χ0) is 19.1. The van der Waals surface area contributed by atoms with Gasteiger partial charge in [0.25, 0.3) is 5.91 Å². The molecule has 2 rings (SSSR count). The SMILES string of the molecule is CSc1ccc(NC(=O)COC(=O)CCC(=O)c2cc(C)sc2C)cc1. The number of ketones is 1. The summed E-state index contributed by atoms with van der Waals surface area (Å²) in [4.78, 5) is 38.8. The number of amides is 1. The Hall–Kier alpha value is -2.12. The van der Waals surface area contributed by atoms with Gasteiger partial charge < -0.3 is 10.1 Å². The highest BCUT2D eigenvalue weighted by atomic mass is 32.2. The molecule has 0 aliphatic heterocycles. The Morgan fingerprint density at radius 3 is 2.38 bits per heavy atom. The van der Waals surface area contributed by atoms with Crippen LogP contribution in [0.3, 0.4) is 0 Å². The van der Waals surface area contributed by atoms with Gasteiger partial charge in [-0.25, -0.2) is 0 Å². The molecule has 5 nitrogen and oxygen atoms in total. The predicted molar refractivity (Wildman–Crippen MR) is 105 cm³/mol. The smallest absolute Gasteiger partial charge is 0.306 e. The third kappa shape index (κ3) is 6.00. The average Bonchev–Trinajstić information content (AvgIpc) is 2.97. The largest absolute Gasteiger partial charge is 0.456 e. The van der Waals surface area contributed by atoms with Gasteiger partial charge in [0.2, 0.25) is 0 Å². The van der Waals surface area contributed by atoms with Crippen LogP contribution < -0.4 is 5.32 Å². The van der Waals surface area contributed by atoms with E-state index < -0.39 is 11.9 Å². The monoisotopic (exact) mass is 391 g/mol. The Morgan fingerprint density at radius 2 is 1.81 bits per heavy atom. The molecular formula is C19H21NO4S2. The molecule has 1 N–H and O–H groups in total. The number of hydrogen-bond donors (Lipinski definition) is 1. The molecule has 1 amide bonds. The number of aryl methyl sites for hydroxylation is 2. The molecule has 1 aromatic heterocycles. The molecule has 0 aliphatic rings. The van der Waals surface area contributed by atoms with Gasteiger partial charge in [0.05, 0.1) is 6.42 Å². The highest BCUT2D eigenvalue weighted by Crippen LogP contribution is 2.22. The summed E-state index contributed by atoms with van der Waals surface area (Å²) < 4.78 is 4.94. The van der Waals surface area contributed by atoms with E-state index >= 15 is 0 Å². The maximum absolute atomic E-state index is 12.1. The number of nitrogens with one attached hydrogen (secondary N) is 1. The highest BCUT2D eigenvalue weighted by molar-refractivity contribution is 7.98. The second kappa shape index (κ2) is 9.54. The standard InChI is InChI=1S/C19H21NO4S2/c1-12-10-16(13(2)26-12)17(21)8-9-19(23)24-11-18(22)20-14-4-6-15(25-3)7-5-14/h4-7,10H,8-9,11H2,1-3H3,(H,20,22). The first kappa shape index (κ1) is 20.2. The lowest BCUT2D eigenvalue weighted by Gasteiger charge is -2.07. The summed E-state index contributed by atoms with van der Waals surface area (Å²) in [5.41, 5.74) is 1.30. The van der Waals surface area contributed by atoms with E-state index in [1.165, 1.54) is 0 Å². The molecule has 2 aromatic rings. The van der Waals surface area contributed by atoms with Crippen molar-refractivity contribution in [3.8, 4) is 0 Å². The number of ether oxygens (including phenoxy) is 1. The molecule has 0 atom stereocenters. The summed E-state index contributed by atoms with van der Waals surface area (Å²) in [7, 11) is 0. The third-order valence-electron chi connectivity index (χ3n) is 3.64. The Morgan fingerprint density at radius 1 is 1.12 bits per heavy atom. The highest BCUT2D eigenvalue weighted by Gasteiger charge is 2.15. The number of anilines is 1. The zero-order valence-corrected chi connectivity index (χ0v) is 16.6. The van der Waals surface area contributed by atoms with Crippen LogP contribution in [0.4, 0.5) is 5.69 Å². The number of carbonyl (C=O) groups excluding carboxylic acids is 3. The van der Waals surface area contributed by atoms with Crippen LogP contribution in [0.25, 0.3) is 0 Å². The molecule has 0 bridgehead atoms. The number of esters is 1. The van der Waals surface area contributed by atoms with Gasteiger partial charge in [0, 0.05) is 32.3 Å². The molecule has 0 fully saturated rings. The molecular weight excluding hydrogens is 370 g/mol. The van der Waals surface area contributed by atoms with Crippen LogP contribution in [0.2, 0.25) is 0 Å². The molecule has 1 aromatic carbocycles. The summed E-state index contributed by atoms with van der Waals surface area (Å²) in [5, 5.41) is 2.66. The minimum absolute atomic E-state index is 0.0388. The van der Waals surface area contributed by atoms with Crippen LogP contribution in [-0.2, 0) is 14.3 Å². The second-order valence-electron chi connectivity index (χ2n) is 5.69. The van der Waals surface area contributed by atoms with Crippen LogP contribution in [-0.4, -0.2) is 30.5 Å². The summed E-state index contributed by atoms with van der Waals surface area (Å²) in [5.74, 6) is -1.05. The van der Waals surface area contributed by atoms with Crippen molar-refractivity contribution in [3.05, 3.63) is 45.6 Å². The van der Waals surface area contributed by atoms with Gasteiger partial charge in [-0.15, -0.1) is 23.1 Å². The molecule has 0 spiro atoms. The van der Waals surface area contributed by atoms with E-state index in [4.69, 9.17) is 4.74 Å². The Bertz CT molecular complexity index is 796. The Kier molecular flexibility index (Phi) is 7.41. The first-order valence-electron chi connectivity index (χ1n) is 8.09. The maximum atomic E-state index is 12.1. The number of thioether (sulfide) groups is 1. The van der Waals surface area contributed by atoms with Crippen molar-refractivity contribution in [3.63, 3.8) is 0 Å². The van der Waals surface area contributed by atoms with Crippen molar-refractivity contribution < 1.29 is 19.1 Å². The minimum Gasteiger partial charge on any atom is -0.456 e. The van der Waals surface area contributed by atoms with Crippen molar-refractivity contribution >= 4 is 46.4 Å². The fourth-order valence-electron chi connectivity index (χ4n) is 2.35. The Balaban J connectivity index is 1.73. The van der Waals surface area contributed by atoms with Gasteiger partial charge in [-0.1, -0.05) is 0 Å². The van der Waals surface area contributed by atoms with Crippen molar-refractivity contribution in [2.24, 2.45) is 0 Å². The number of rotatable bonds is 8. The van der Waals surface area contributed by atoms with E-state index in [0.717, 1.165) is 14.6 Å². The van der Waals surface area contributed by atoms with Gasteiger partial charge in [-0.2, -0.15) is 0 Å². The van der Waals surface area contributed by atoms with Crippen molar-refractivity contribution in [2.45, 2.75) is 31.6 Å². The number of benzene rings is 1. The molecule has 0 aliphatic carbocycles. The van der Waals surface area contributed by atoms with Crippen LogP contribution in [0.5, 0.6) is 0 Å². The third-order valence-corrected chi connectivity index (χ3v) is 5.35. The molecule has 0 radical (unpaired) electrons. The maximum Gasteiger partial charge on any atom is 0.306 e. The topological polar surface area (TPSA) is 72.5 Å². The minimum atomic E-state index is -0.559. The number of thiophene rings is 1. The average molecular weight is 392 g/mol. The van der Waals surface area contributed by atoms with Gasteiger partial charge >= 0.3 is 5.97 Å². The summed E-state index contributed by atoms with van der Waals surface area (Å²) in [6, 6.07) is 9.20. The lowest BCUT2D eigenvalue weighted by atomic mass is 10.1.